The van der Waals surface area contributed by atoms with Crippen molar-refractivity contribution in [1.82, 2.24) is 0 Å². The van der Waals surface area contributed by atoms with Crippen LogP contribution in [0.4, 0.5) is 17.1 Å². The molecule has 2 rings (SSSR count). The highest BCUT2D eigenvalue weighted by Crippen LogP contribution is 2.39. The number of nitrogens with one attached hydrogen (secondary N) is 1. The van der Waals surface area contributed by atoms with Gasteiger partial charge in [0.1, 0.15) is 5.69 Å². The summed E-state index contributed by atoms with van der Waals surface area (Å²) >= 11 is 6.08. The highest BCUT2D eigenvalue weighted by Gasteiger charge is 2.27. The van der Waals surface area contributed by atoms with Crippen LogP contribution in [0.5, 0.6) is 0 Å². The number of halogens is 1. The lowest BCUT2D eigenvalue weighted by Gasteiger charge is -2.35. The molecule has 1 aliphatic rings. The summed E-state index contributed by atoms with van der Waals surface area (Å²) in [6.45, 7) is 4.56. The molecule has 0 aromatic heterocycles. The molecule has 7 heteroatoms. The summed E-state index contributed by atoms with van der Waals surface area (Å²) < 4.78 is 0. The van der Waals surface area contributed by atoms with E-state index in [2.05, 4.69) is 12.2 Å². The number of rotatable bonds is 4. The van der Waals surface area contributed by atoms with Gasteiger partial charge in [-0.3, -0.25) is 14.9 Å². The Labute approximate surface area is 134 Å². The molecule has 1 N–H and O–H groups in total. The second kappa shape index (κ2) is 6.96. The smallest absolute Gasteiger partial charge is 0.294 e. The third-order valence-corrected chi connectivity index (χ3v) is 4.28. The lowest BCUT2D eigenvalue weighted by molar-refractivity contribution is -0.384. The molecule has 1 saturated heterocycles. The highest BCUT2D eigenvalue weighted by molar-refractivity contribution is 6.34. The molecular weight excluding hydrogens is 306 g/mol. The third-order valence-electron chi connectivity index (χ3n) is 3.97. The van der Waals surface area contributed by atoms with Crippen LogP contribution in [-0.4, -0.2) is 23.4 Å². The Hall–Kier alpha value is -1.82. The van der Waals surface area contributed by atoms with Gasteiger partial charge < -0.3 is 10.2 Å². The van der Waals surface area contributed by atoms with E-state index in [1.54, 1.807) is 13.0 Å². The fraction of sp³-hybridized carbons (Fsp3) is 0.533. The molecule has 0 bridgehead atoms. The summed E-state index contributed by atoms with van der Waals surface area (Å²) in [5.74, 6) is -0.173. The molecule has 0 aliphatic carbocycles. The number of hydrogen-bond donors (Lipinski definition) is 1. The maximum Gasteiger partial charge on any atom is 0.294 e. The molecule has 6 nitrogen and oxygen atoms in total. The van der Waals surface area contributed by atoms with Crippen molar-refractivity contribution in [2.45, 2.75) is 45.6 Å². The topological polar surface area (TPSA) is 75.5 Å². The van der Waals surface area contributed by atoms with Crippen LogP contribution in [0.15, 0.2) is 12.1 Å². The maximum atomic E-state index is 11.6. The quantitative estimate of drug-likeness (QED) is 0.671. The van der Waals surface area contributed by atoms with Crippen LogP contribution in [-0.2, 0) is 4.79 Å². The van der Waals surface area contributed by atoms with Crippen molar-refractivity contribution in [3.05, 3.63) is 27.3 Å². The number of nitro groups is 1. The number of carbonyl (C=O) groups excluding carboxylic acids is 1. The minimum absolute atomic E-state index is 0.0201. The standard InChI is InChI=1S/C15H20ClN3O3/c1-3-15(20)17-12-9-13(14(19(21)22)8-11(12)16)18-7-5-4-6-10(18)2/h8-10H,3-7H2,1-2H3,(H,17,20)/t10-/m0/s1. The molecule has 120 valence electrons. The number of amides is 1. The van der Waals surface area contributed by atoms with E-state index in [1.807, 2.05) is 4.90 Å². The number of benzene rings is 1. The van der Waals surface area contributed by atoms with Gasteiger partial charge in [0.15, 0.2) is 0 Å². The van der Waals surface area contributed by atoms with Gasteiger partial charge in [-0.2, -0.15) is 0 Å². The molecule has 0 saturated carbocycles. The lowest BCUT2D eigenvalue weighted by Crippen LogP contribution is -2.37. The summed E-state index contributed by atoms with van der Waals surface area (Å²) in [4.78, 5) is 24.5. The predicted octanol–water partition coefficient (Wildman–Crippen LogP) is 3.98. The van der Waals surface area contributed by atoms with Crippen molar-refractivity contribution in [2.75, 3.05) is 16.8 Å². The van der Waals surface area contributed by atoms with Crippen LogP contribution in [0, 0.1) is 10.1 Å². The monoisotopic (exact) mass is 325 g/mol. The fourth-order valence-corrected chi connectivity index (χ4v) is 2.92. The molecule has 1 atom stereocenters. The van der Waals surface area contributed by atoms with Gasteiger partial charge in [-0.15, -0.1) is 0 Å². The van der Waals surface area contributed by atoms with Crippen LogP contribution < -0.4 is 10.2 Å². The number of anilines is 2. The maximum absolute atomic E-state index is 11.6. The molecular formula is C15H20ClN3O3. The van der Waals surface area contributed by atoms with E-state index in [9.17, 15) is 14.9 Å². The summed E-state index contributed by atoms with van der Waals surface area (Å²) in [5.41, 5.74) is 0.924. The van der Waals surface area contributed by atoms with E-state index in [0.717, 1.165) is 25.8 Å². The highest BCUT2D eigenvalue weighted by atomic mass is 35.5. The van der Waals surface area contributed by atoms with Gasteiger partial charge in [0.2, 0.25) is 5.91 Å². The van der Waals surface area contributed by atoms with Gasteiger partial charge >= 0.3 is 0 Å². The van der Waals surface area contributed by atoms with Gasteiger partial charge in [0.25, 0.3) is 5.69 Å². The molecule has 1 aromatic carbocycles. The van der Waals surface area contributed by atoms with E-state index in [1.165, 1.54) is 6.07 Å². The van der Waals surface area contributed by atoms with Crippen molar-refractivity contribution in [3.8, 4) is 0 Å². The molecule has 1 fully saturated rings. The van der Waals surface area contributed by atoms with E-state index >= 15 is 0 Å². The third kappa shape index (κ3) is 3.50. The Balaban J connectivity index is 2.46. The molecule has 0 unspecified atom stereocenters. The largest absolute Gasteiger partial charge is 0.363 e. The summed E-state index contributed by atoms with van der Waals surface area (Å²) in [6.07, 6.45) is 3.44. The van der Waals surface area contributed by atoms with Crippen LogP contribution >= 0.6 is 11.6 Å². The van der Waals surface area contributed by atoms with Crippen molar-refractivity contribution in [2.24, 2.45) is 0 Å². The summed E-state index contributed by atoms with van der Waals surface area (Å²) in [5, 5.41) is 14.2. The van der Waals surface area contributed by atoms with Crippen molar-refractivity contribution in [1.29, 1.82) is 0 Å². The summed E-state index contributed by atoms with van der Waals surface area (Å²) in [7, 11) is 0. The Morgan fingerprint density at radius 1 is 1.50 bits per heavy atom. The Morgan fingerprint density at radius 3 is 2.82 bits per heavy atom. The number of nitro benzene ring substituents is 1. The van der Waals surface area contributed by atoms with Crippen molar-refractivity contribution >= 4 is 34.6 Å². The SMILES string of the molecule is CCC(=O)Nc1cc(N2CCCC[C@@H]2C)c([N+](=O)[O-])cc1Cl. The first-order valence-electron chi connectivity index (χ1n) is 7.48. The van der Waals surface area contributed by atoms with E-state index in [4.69, 9.17) is 11.6 Å². The van der Waals surface area contributed by atoms with Crippen LogP contribution in [0.2, 0.25) is 5.02 Å². The van der Waals surface area contributed by atoms with Gasteiger partial charge in [-0.05, 0) is 32.3 Å². The van der Waals surface area contributed by atoms with E-state index < -0.39 is 4.92 Å². The predicted molar refractivity (Wildman–Crippen MR) is 87.7 cm³/mol. The molecule has 22 heavy (non-hydrogen) atoms. The number of carbonyl (C=O) groups is 1. The second-order valence-electron chi connectivity index (χ2n) is 5.52. The zero-order chi connectivity index (χ0) is 16.3. The van der Waals surface area contributed by atoms with Gasteiger partial charge in [-0.25, -0.2) is 0 Å². The van der Waals surface area contributed by atoms with E-state index in [-0.39, 0.29) is 22.7 Å². The lowest BCUT2D eigenvalue weighted by atomic mass is 10.0. The Bertz CT molecular complexity index is 592. The molecule has 0 spiro atoms. The minimum Gasteiger partial charge on any atom is -0.363 e. The first-order chi connectivity index (χ1) is 10.4. The van der Waals surface area contributed by atoms with E-state index in [0.29, 0.717) is 17.8 Å². The van der Waals surface area contributed by atoms with Crippen LogP contribution in [0.25, 0.3) is 0 Å². The second-order valence-corrected chi connectivity index (χ2v) is 5.93. The van der Waals surface area contributed by atoms with Crippen LogP contribution in [0.3, 0.4) is 0 Å². The van der Waals surface area contributed by atoms with Gasteiger partial charge in [0, 0.05) is 25.1 Å². The normalized spacial score (nSPS) is 18.1. The van der Waals surface area contributed by atoms with Gasteiger partial charge in [0.05, 0.1) is 15.6 Å². The fourth-order valence-electron chi connectivity index (χ4n) is 2.72. The zero-order valence-corrected chi connectivity index (χ0v) is 13.5. The molecule has 1 amide bonds. The molecule has 1 aromatic rings. The molecule has 0 radical (unpaired) electrons. The molecule has 1 heterocycles. The Morgan fingerprint density at radius 2 is 2.23 bits per heavy atom. The summed E-state index contributed by atoms with van der Waals surface area (Å²) in [6, 6.07) is 3.17. The van der Waals surface area contributed by atoms with Crippen LogP contribution in [0.1, 0.15) is 39.5 Å². The zero-order valence-electron chi connectivity index (χ0n) is 12.8. The average Bonchev–Trinajstić information content (AvgIpc) is 2.49. The minimum atomic E-state index is -0.423. The van der Waals surface area contributed by atoms with Crippen molar-refractivity contribution < 1.29 is 9.72 Å². The first kappa shape index (κ1) is 16.5. The number of hydrogen-bond acceptors (Lipinski definition) is 4. The number of piperidine rings is 1. The number of nitrogens with zero attached hydrogens (tertiary/aromatic N) is 2. The Kier molecular flexibility index (Phi) is 5.24. The average molecular weight is 326 g/mol. The van der Waals surface area contributed by atoms with Gasteiger partial charge in [-0.1, -0.05) is 18.5 Å². The molecule has 1 aliphatic heterocycles. The van der Waals surface area contributed by atoms with Crippen molar-refractivity contribution in [3.63, 3.8) is 0 Å². The first-order valence-corrected chi connectivity index (χ1v) is 7.86.